The first-order valence-corrected chi connectivity index (χ1v) is 7.92. The molecule has 0 radical (unpaired) electrons. The van der Waals surface area contributed by atoms with Crippen LogP contribution in [0.25, 0.3) is 17.6 Å². The lowest BCUT2D eigenvalue weighted by atomic mass is 10.0. The maximum absolute atomic E-state index is 13.0. The van der Waals surface area contributed by atoms with Crippen LogP contribution in [0.5, 0.6) is 0 Å². The molecule has 0 aliphatic heterocycles. The van der Waals surface area contributed by atoms with Crippen LogP contribution in [0.2, 0.25) is 0 Å². The Kier molecular flexibility index (Phi) is 6.47. The number of hydrogen-bond donors (Lipinski definition) is 0. The largest absolute Gasteiger partial charge is 0.416 e. The van der Waals surface area contributed by atoms with E-state index in [9.17, 15) is 31.6 Å². The molecule has 0 atom stereocenters. The molecule has 2 rings (SSSR count). The number of aliphatic imine (C=N–C) groups is 1. The molecule has 0 bridgehead atoms. The minimum Gasteiger partial charge on any atom is -0.287 e. The van der Waals surface area contributed by atoms with Crippen LogP contribution in [0, 0.1) is 23.7 Å². The maximum atomic E-state index is 13.0. The Bertz CT molecular complexity index is 1070. The number of aromatic nitrogens is 3. The van der Waals surface area contributed by atoms with E-state index >= 15 is 0 Å². The van der Waals surface area contributed by atoms with Crippen LogP contribution in [0.1, 0.15) is 11.1 Å². The summed E-state index contributed by atoms with van der Waals surface area (Å²) in [7, 11) is 1.40. The first-order valence-electron chi connectivity index (χ1n) is 7.92. The summed E-state index contributed by atoms with van der Waals surface area (Å²) in [6.07, 6.45) is -0.0579. The van der Waals surface area contributed by atoms with Crippen LogP contribution in [0.4, 0.5) is 26.3 Å². The van der Waals surface area contributed by atoms with Crippen molar-refractivity contribution in [2.75, 3.05) is 7.05 Å². The number of hydrogen-bond acceptors (Lipinski definition) is 4. The molecule has 154 valence electrons. The molecule has 0 unspecified atom stereocenters. The molecule has 0 saturated heterocycles. The lowest BCUT2D eigenvalue weighted by Gasteiger charge is -2.13. The normalized spacial score (nSPS) is 13.4. The van der Waals surface area contributed by atoms with Crippen molar-refractivity contribution in [3.8, 4) is 29.8 Å². The Hall–Kier alpha value is -3.86. The number of nitrogens with zero attached hydrogens (tertiary/aromatic N) is 5. The van der Waals surface area contributed by atoms with Gasteiger partial charge in [0.25, 0.3) is 0 Å². The topological polar surface area (TPSA) is 66.9 Å². The minimum absolute atomic E-state index is 0.00991. The lowest BCUT2D eigenvalue weighted by Crippen LogP contribution is -2.11. The number of alkyl halides is 6. The fraction of sp³-hybridized carbons (Fsp3) is 0.158. The summed E-state index contributed by atoms with van der Waals surface area (Å²) in [6.45, 7) is 0. The molecular weight excluding hydrogens is 412 g/mol. The molecule has 2 aromatic rings. The van der Waals surface area contributed by atoms with E-state index in [0.717, 1.165) is 17.2 Å². The van der Waals surface area contributed by atoms with Crippen molar-refractivity contribution in [1.29, 1.82) is 5.26 Å². The number of halogens is 6. The number of allylic oxidation sites excluding steroid dienone is 3. The van der Waals surface area contributed by atoms with E-state index in [-0.39, 0.29) is 17.4 Å². The molecule has 1 heterocycles. The molecule has 5 nitrogen and oxygen atoms in total. The van der Waals surface area contributed by atoms with E-state index < -0.39 is 34.9 Å². The summed E-state index contributed by atoms with van der Waals surface area (Å²) in [5, 5.41) is 13.1. The van der Waals surface area contributed by atoms with Gasteiger partial charge < -0.3 is 0 Å². The molecule has 0 spiro atoms. The van der Waals surface area contributed by atoms with Gasteiger partial charge in [0.1, 0.15) is 12.4 Å². The molecule has 0 fully saturated rings. The average molecular weight is 423 g/mol. The van der Waals surface area contributed by atoms with E-state index in [2.05, 4.69) is 21.0 Å². The van der Waals surface area contributed by atoms with Gasteiger partial charge in [0.05, 0.1) is 28.6 Å². The molecule has 11 heteroatoms. The van der Waals surface area contributed by atoms with E-state index in [1.165, 1.54) is 19.2 Å². The number of benzene rings is 1. The van der Waals surface area contributed by atoms with Gasteiger partial charge in [-0.1, -0.05) is 5.92 Å². The quantitative estimate of drug-likeness (QED) is 0.312. The molecular formula is C19H11F6N5. The summed E-state index contributed by atoms with van der Waals surface area (Å²) < 4.78 is 79.0. The molecule has 0 N–H and O–H groups in total. The van der Waals surface area contributed by atoms with Crippen LogP contribution in [-0.4, -0.2) is 27.5 Å². The Morgan fingerprint density at radius 3 is 2.20 bits per heavy atom. The van der Waals surface area contributed by atoms with Crippen molar-refractivity contribution in [2.24, 2.45) is 4.99 Å². The molecule has 1 aromatic carbocycles. The molecule has 0 amide bonds. The zero-order valence-corrected chi connectivity index (χ0v) is 15.1. The predicted molar refractivity (Wildman–Crippen MR) is 96.7 cm³/mol. The average Bonchev–Trinajstić information content (AvgIpc) is 3.14. The Morgan fingerprint density at radius 1 is 1.13 bits per heavy atom. The highest BCUT2D eigenvalue weighted by atomic mass is 19.4. The van der Waals surface area contributed by atoms with Crippen LogP contribution >= 0.6 is 0 Å². The highest BCUT2D eigenvalue weighted by Gasteiger charge is 2.37. The van der Waals surface area contributed by atoms with Gasteiger partial charge in [-0.05, 0) is 30.4 Å². The SMILES string of the molecule is C#C\C=C/C(=N\C)C(/C#N)=C/n1cnc(-c2cc(C(F)(F)F)cc(C(F)(F)F)c2)n1. The van der Waals surface area contributed by atoms with Crippen molar-refractivity contribution in [2.45, 2.75) is 12.4 Å². The smallest absolute Gasteiger partial charge is 0.287 e. The van der Waals surface area contributed by atoms with E-state index in [4.69, 9.17) is 6.42 Å². The Morgan fingerprint density at radius 2 is 1.73 bits per heavy atom. The second kappa shape index (κ2) is 8.66. The molecule has 0 saturated carbocycles. The van der Waals surface area contributed by atoms with E-state index in [1.54, 1.807) is 0 Å². The highest BCUT2D eigenvalue weighted by molar-refractivity contribution is 6.13. The Labute approximate surface area is 166 Å². The summed E-state index contributed by atoms with van der Waals surface area (Å²) in [5.41, 5.74) is -3.29. The molecule has 0 aliphatic rings. The summed E-state index contributed by atoms with van der Waals surface area (Å²) in [6, 6.07) is 2.88. The first-order chi connectivity index (χ1) is 14.0. The van der Waals surface area contributed by atoms with Crippen LogP contribution < -0.4 is 0 Å². The first kappa shape index (κ1) is 22.4. The van der Waals surface area contributed by atoms with E-state index in [0.29, 0.717) is 12.1 Å². The third-order valence-corrected chi connectivity index (χ3v) is 3.59. The van der Waals surface area contributed by atoms with Gasteiger partial charge in [-0.25, -0.2) is 9.67 Å². The van der Waals surface area contributed by atoms with Crippen LogP contribution in [-0.2, 0) is 12.4 Å². The number of rotatable bonds is 4. The maximum Gasteiger partial charge on any atom is 0.416 e. The van der Waals surface area contributed by atoms with Gasteiger partial charge in [-0.3, -0.25) is 4.99 Å². The van der Waals surface area contributed by atoms with Crippen molar-refractivity contribution in [1.82, 2.24) is 14.8 Å². The Balaban J connectivity index is 2.53. The highest BCUT2D eigenvalue weighted by Crippen LogP contribution is 2.38. The third-order valence-electron chi connectivity index (χ3n) is 3.59. The van der Waals surface area contributed by atoms with E-state index in [1.807, 2.05) is 6.07 Å². The van der Waals surface area contributed by atoms with Crippen molar-refractivity contribution in [3.05, 3.63) is 53.4 Å². The van der Waals surface area contributed by atoms with Crippen LogP contribution in [0.15, 0.2) is 47.2 Å². The lowest BCUT2D eigenvalue weighted by molar-refractivity contribution is -0.143. The summed E-state index contributed by atoms with van der Waals surface area (Å²) >= 11 is 0. The van der Waals surface area contributed by atoms with Crippen molar-refractivity contribution >= 4 is 11.9 Å². The van der Waals surface area contributed by atoms with Gasteiger partial charge in [-0.15, -0.1) is 11.5 Å². The monoisotopic (exact) mass is 423 g/mol. The number of nitriles is 1. The van der Waals surface area contributed by atoms with Gasteiger partial charge >= 0.3 is 12.4 Å². The van der Waals surface area contributed by atoms with Crippen LogP contribution in [0.3, 0.4) is 0 Å². The zero-order chi connectivity index (χ0) is 22.5. The fourth-order valence-electron chi connectivity index (χ4n) is 2.25. The number of terminal acetylenes is 1. The van der Waals surface area contributed by atoms with Gasteiger partial charge in [0.15, 0.2) is 5.82 Å². The second-order valence-electron chi connectivity index (χ2n) is 5.61. The minimum atomic E-state index is -5.00. The van der Waals surface area contributed by atoms with Crippen molar-refractivity contribution < 1.29 is 26.3 Å². The second-order valence-corrected chi connectivity index (χ2v) is 5.61. The van der Waals surface area contributed by atoms with Gasteiger partial charge in [0.2, 0.25) is 0 Å². The summed E-state index contributed by atoms with van der Waals surface area (Å²) in [5.74, 6) is 1.83. The van der Waals surface area contributed by atoms with Gasteiger partial charge in [0, 0.05) is 12.6 Å². The molecule has 0 aliphatic carbocycles. The fourth-order valence-corrected chi connectivity index (χ4v) is 2.25. The van der Waals surface area contributed by atoms with Gasteiger partial charge in [-0.2, -0.15) is 31.6 Å². The molecule has 1 aromatic heterocycles. The third kappa shape index (κ3) is 5.35. The standard InChI is InChI=1S/C19H11F6N5/c1-3-4-5-16(27-2)13(9-26)10-30-11-28-17(29-30)12-6-14(18(20,21)22)8-15(7-12)19(23,24)25/h1,4-8,10-11H,2H3/b5-4-,13-10+,27-16+. The zero-order valence-electron chi connectivity index (χ0n) is 15.1. The molecule has 30 heavy (non-hydrogen) atoms. The summed E-state index contributed by atoms with van der Waals surface area (Å²) in [4.78, 5) is 7.61. The van der Waals surface area contributed by atoms with Crippen molar-refractivity contribution in [3.63, 3.8) is 0 Å². The predicted octanol–water partition coefficient (Wildman–Crippen LogP) is 4.61.